The number of nitrogens with zero attached hydrogens (tertiary/aromatic N) is 2. The van der Waals surface area contributed by atoms with Crippen LogP contribution in [-0.4, -0.2) is 10.1 Å². The third-order valence-corrected chi connectivity index (χ3v) is 2.54. The van der Waals surface area contributed by atoms with E-state index >= 15 is 0 Å². The molecule has 2 aromatic heterocycles. The third-order valence-electron chi connectivity index (χ3n) is 2.54. The van der Waals surface area contributed by atoms with E-state index in [1.807, 2.05) is 32.9 Å². The van der Waals surface area contributed by atoms with E-state index in [4.69, 9.17) is 4.52 Å². The minimum atomic E-state index is 0.692. The largest absolute Gasteiger partial charge is 0.366 e. The Hall–Kier alpha value is -1.84. The van der Waals surface area contributed by atoms with Crippen LogP contribution in [0.4, 0.5) is 5.82 Å². The zero-order chi connectivity index (χ0) is 11.5. The Labute approximate surface area is 94.7 Å². The summed E-state index contributed by atoms with van der Waals surface area (Å²) in [7, 11) is 0. The number of aromatic nitrogens is 2. The molecule has 0 aliphatic rings. The van der Waals surface area contributed by atoms with Gasteiger partial charge in [0.15, 0.2) is 0 Å². The molecule has 0 fully saturated rings. The van der Waals surface area contributed by atoms with Gasteiger partial charge in [-0.3, -0.25) is 0 Å². The lowest BCUT2D eigenvalue weighted by molar-refractivity contribution is 0.392. The summed E-state index contributed by atoms with van der Waals surface area (Å²) in [5.41, 5.74) is 3.22. The molecule has 2 aromatic rings. The zero-order valence-electron chi connectivity index (χ0n) is 9.74. The third kappa shape index (κ3) is 2.21. The number of hydrogen-bond donors (Lipinski definition) is 1. The van der Waals surface area contributed by atoms with E-state index in [2.05, 4.69) is 15.5 Å². The molecule has 4 nitrogen and oxygen atoms in total. The summed E-state index contributed by atoms with van der Waals surface area (Å²) in [5.74, 6) is 1.73. The van der Waals surface area contributed by atoms with Crippen LogP contribution in [0.25, 0.3) is 0 Å². The van der Waals surface area contributed by atoms with Gasteiger partial charge in [-0.15, -0.1) is 0 Å². The van der Waals surface area contributed by atoms with Gasteiger partial charge in [-0.25, -0.2) is 4.98 Å². The van der Waals surface area contributed by atoms with Gasteiger partial charge in [0.2, 0.25) is 0 Å². The van der Waals surface area contributed by atoms with Crippen molar-refractivity contribution in [1.29, 1.82) is 0 Å². The van der Waals surface area contributed by atoms with Gasteiger partial charge in [0.25, 0.3) is 0 Å². The van der Waals surface area contributed by atoms with E-state index in [1.165, 1.54) is 5.56 Å². The van der Waals surface area contributed by atoms with Gasteiger partial charge in [-0.1, -0.05) is 5.16 Å². The van der Waals surface area contributed by atoms with Crippen LogP contribution in [-0.2, 0) is 6.54 Å². The molecule has 84 valence electrons. The normalized spacial score (nSPS) is 10.4. The van der Waals surface area contributed by atoms with Crippen molar-refractivity contribution >= 4 is 5.82 Å². The first-order chi connectivity index (χ1) is 7.66. The lowest BCUT2D eigenvalue weighted by atomic mass is 10.2. The molecule has 0 bridgehead atoms. The van der Waals surface area contributed by atoms with Gasteiger partial charge in [0.1, 0.15) is 11.6 Å². The van der Waals surface area contributed by atoms with Crippen LogP contribution in [0.15, 0.2) is 22.9 Å². The summed E-state index contributed by atoms with van der Waals surface area (Å²) in [6, 6.07) is 3.99. The van der Waals surface area contributed by atoms with Crippen LogP contribution >= 0.6 is 0 Å². The Morgan fingerprint density at radius 3 is 2.75 bits per heavy atom. The van der Waals surface area contributed by atoms with Gasteiger partial charge < -0.3 is 9.84 Å². The fourth-order valence-electron chi connectivity index (χ4n) is 1.57. The van der Waals surface area contributed by atoms with Gasteiger partial charge in [-0.2, -0.15) is 0 Å². The SMILES string of the molecule is Cc1ccnc(NCc2c(C)noc2C)c1. The van der Waals surface area contributed by atoms with Crippen LogP contribution in [0.2, 0.25) is 0 Å². The second-order valence-corrected chi connectivity index (χ2v) is 3.87. The fourth-order valence-corrected chi connectivity index (χ4v) is 1.57. The molecule has 0 unspecified atom stereocenters. The molecule has 0 saturated heterocycles. The van der Waals surface area contributed by atoms with Crippen molar-refractivity contribution in [3.8, 4) is 0 Å². The highest BCUT2D eigenvalue weighted by Crippen LogP contribution is 2.14. The van der Waals surface area contributed by atoms with Crippen molar-refractivity contribution in [2.75, 3.05) is 5.32 Å². The topological polar surface area (TPSA) is 51.0 Å². The first-order valence-electron chi connectivity index (χ1n) is 5.25. The van der Waals surface area contributed by atoms with Crippen LogP contribution in [0.1, 0.15) is 22.6 Å². The molecule has 2 heterocycles. The average Bonchev–Trinajstić information content (AvgIpc) is 2.56. The molecule has 0 amide bonds. The number of hydrogen-bond acceptors (Lipinski definition) is 4. The predicted octanol–water partition coefficient (Wildman–Crippen LogP) is 2.61. The molecule has 0 aliphatic carbocycles. The van der Waals surface area contributed by atoms with Gasteiger partial charge in [0, 0.05) is 18.3 Å². The van der Waals surface area contributed by atoms with Crippen molar-refractivity contribution in [1.82, 2.24) is 10.1 Å². The first-order valence-corrected chi connectivity index (χ1v) is 5.25. The number of anilines is 1. The monoisotopic (exact) mass is 217 g/mol. The van der Waals surface area contributed by atoms with Crippen molar-refractivity contribution in [3.63, 3.8) is 0 Å². The average molecular weight is 217 g/mol. The molecule has 0 spiro atoms. The Morgan fingerprint density at radius 2 is 2.12 bits per heavy atom. The first kappa shape index (κ1) is 10.7. The molecule has 4 heteroatoms. The van der Waals surface area contributed by atoms with Crippen molar-refractivity contribution < 1.29 is 4.52 Å². The van der Waals surface area contributed by atoms with E-state index < -0.39 is 0 Å². The van der Waals surface area contributed by atoms with E-state index in [-0.39, 0.29) is 0 Å². The van der Waals surface area contributed by atoms with Crippen LogP contribution < -0.4 is 5.32 Å². The smallest absolute Gasteiger partial charge is 0.138 e. The summed E-state index contributed by atoms with van der Waals surface area (Å²) in [6.07, 6.45) is 1.80. The van der Waals surface area contributed by atoms with E-state index in [1.54, 1.807) is 6.20 Å². The maximum Gasteiger partial charge on any atom is 0.138 e. The second-order valence-electron chi connectivity index (χ2n) is 3.87. The van der Waals surface area contributed by atoms with Crippen molar-refractivity contribution in [2.24, 2.45) is 0 Å². The predicted molar refractivity (Wildman–Crippen MR) is 62.3 cm³/mol. The van der Waals surface area contributed by atoms with Crippen molar-refractivity contribution in [3.05, 3.63) is 40.9 Å². The number of rotatable bonds is 3. The molecule has 0 aliphatic heterocycles. The van der Waals surface area contributed by atoms with Gasteiger partial charge in [-0.05, 0) is 38.5 Å². The summed E-state index contributed by atoms with van der Waals surface area (Å²) < 4.78 is 5.10. The van der Waals surface area contributed by atoms with Crippen molar-refractivity contribution in [2.45, 2.75) is 27.3 Å². The number of aryl methyl sites for hydroxylation is 3. The highest BCUT2D eigenvalue weighted by Gasteiger charge is 2.08. The van der Waals surface area contributed by atoms with Gasteiger partial charge in [0.05, 0.1) is 5.69 Å². The molecular weight excluding hydrogens is 202 g/mol. The highest BCUT2D eigenvalue weighted by atomic mass is 16.5. The molecule has 1 N–H and O–H groups in total. The maximum atomic E-state index is 5.10. The van der Waals surface area contributed by atoms with Crippen LogP contribution in [0.3, 0.4) is 0 Å². The van der Waals surface area contributed by atoms with Gasteiger partial charge >= 0.3 is 0 Å². The fraction of sp³-hybridized carbons (Fsp3) is 0.333. The Kier molecular flexibility index (Phi) is 2.90. The molecule has 0 radical (unpaired) electrons. The summed E-state index contributed by atoms with van der Waals surface area (Å²) >= 11 is 0. The molecule has 0 aromatic carbocycles. The highest BCUT2D eigenvalue weighted by molar-refractivity contribution is 5.38. The molecule has 2 rings (SSSR count). The molecule has 0 atom stereocenters. The van der Waals surface area contributed by atoms with E-state index in [0.29, 0.717) is 6.54 Å². The Morgan fingerprint density at radius 1 is 1.31 bits per heavy atom. The number of nitrogens with one attached hydrogen (secondary N) is 1. The summed E-state index contributed by atoms with van der Waals surface area (Å²) in [4.78, 5) is 4.24. The van der Waals surface area contributed by atoms with E-state index in [0.717, 1.165) is 22.8 Å². The summed E-state index contributed by atoms with van der Waals surface area (Å²) in [5, 5.41) is 7.17. The molecular formula is C12H15N3O. The minimum Gasteiger partial charge on any atom is -0.366 e. The molecule has 16 heavy (non-hydrogen) atoms. The zero-order valence-corrected chi connectivity index (χ0v) is 9.74. The summed E-state index contributed by atoms with van der Waals surface area (Å²) in [6.45, 7) is 6.60. The van der Waals surface area contributed by atoms with Crippen LogP contribution in [0.5, 0.6) is 0 Å². The number of pyridine rings is 1. The van der Waals surface area contributed by atoms with Crippen LogP contribution in [0, 0.1) is 20.8 Å². The maximum absolute atomic E-state index is 5.10. The quantitative estimate of drug-likeness (QED) is 0.858. The minimum absolute atomic E-state index is 0.692. The lowest BCUT2D eigenvalue weighted by Crippen LogP contribution is -2.02. The lowest BCUT2D eigenvalue weighted by Gasteiger charge is -2.05. The second kappa shape index (κ2) is 4.35. The standard InChI is InChI=1S/C12H15N3O/c1-8-4-5-13-12(6-8)14-7-11-9(2)15-16-10(11)3/h4-6H,7H2,1-3H3,(H,13,14). The Bertz CT molecular complexity index is 471. The molecule has 0 saturated carbocycles. The van der Waals surface area contributed by atoms with E-state index in [9.17, 15) is 0 Å². The Balaban J connectivity index is 2.08.